The Labute approximate surface area is 233 Å². The first-order valence-corrected chi connectivity index (χ1v) is 15.1. The quantitative estimate of drug-likeness (QED) is 0.526. The molecule has 210 valence electrons. The number of anilines is 2. The van der Waals surface area contributed by atoms with Crippen LogP contribution in [0.5, 0.6) is 5.75 Å². The van der Waals surface area contributed by atoms with Crippen LogP contribution in [0, 0.1) is 11.3 Å². The predicted octanol–water partition coefficient (Wildman–Crippen LogP) is 2.61. The third kappa shape index (κ3) is 4.86. The van der Waals surface area contributed by atoms with Gasteiger partial charge in [0.2, 0.25) is 0 Å². The number of nitrogens with zero attached hydrogens (tertiary/aromatic N) is 5. The smallest absolute Gasteiger partial charge is 0.175 e. The van der Waals surface area contributed by atoms with Crippen molar-refractivity contribution in [2.45, 2.75) is 79.8 Å². The zero-order chi connectivity index (χ0) is 26.6. The summed E-state index contributed by atoms with van der Waals surface area (Å²) in [5, 5.41) is 10.9. The molecule has 0 radical (unpaired) electrons. The van der Waals surface area contributed by atoms with Gasteiger partial charge in [0, 0.05) is 43.9 Å². The molecule has 0 aromatic carbocycles. The summed E-state index contributed by atoms with van der Waals surface area (Å²) in [6.07, 6.45) is 9.45. The fourth-order valence-electron chi connectivity index (χ4n) is 6.56. The molecule has 3 N–H and O–H groups in total. The molecule has 0 bridgehead atoms. The molecule has 2 aromatic rings. The average molecular weight is 555 g/mol. The molecular weight excluding hydrogens is 516 g/mol. The summed E-state index contributed by atoms with van der Waals surface area (Å²) in [6.45, 7) is 6.63. The predicted molar refractivity (Wildman–Crippen MR) is 147 cm³/mol. The Bertz CT molecular complexity index is 1210. The van der Waals surface area contributed by atoms with Gasteiger partial charge in [-0.2, -0.15) is 0 Å². The number of pyridine rings is 1. The van der Waals surface area contributed by atoms with Gasteiger partial charge in [0.25, 0.3) is 0 Å². The lowest BCUT2D eigenvalue weighted by Crippen LogP contribution is -2.51. The molecule has 1 aliphatic carbocycles. The van der Waals surface area contributed by atoms with Crippen molar-refractivity contribution in [3.63, 3.8) is 0 Å². The number of aromatic nitrogens is 3. The fourth-order valence-corrected chi connectivity index (χ4v) is 7.42. The monoisotopic (exact) mass is 554 g/mol. The lowest BCUT2D eigenvalue weighted by Gasteiger charge is -2.41. The highest BCUT2D eigenvalue weighted by Gasteiger charge is 2.48. The second kappa shape index (κ2) is 10.3. The van der Waals surface area contributed by atoms with Crippen LogP contribution in [-0.2, 0) is 16.1 Å². The Hall–Kier alpha value is -2.18. The van der Waals surface area contributed by atoms with Gasteiger partial charge < -0.3 is 34.9 Å². The second-order valence-electron chi connectivity index (χ2n) is 11.8. The Morgan fingerprint density at radius 3 is 2.82 bits per heavy atom. The SMILES string of the molecule is CC1OCC2(CCN(c3ncc(Sc4ccnc5c4OC[C@@H]4CC(OCC6CC6)CN54)nc3CO)CC2)[C@@H]1N. The molecule has 39 heavy (non-hydrogen) atoms. The molecule has 11 heteroatoms. The van der Waals surface area contributed by atoms with E-state index in [4.69, 9.17) is 29.9 Å². The number of aliphatic hydroxyl groups is 1. The molecule has 7 rings (SSSR count). The van der Waals surface area contributed by atoms with Crippen molar-refractivity contribution in [3.05, 3.63) is 24.2 Å². The van der Waals surface area contributed by atoms with E-state index in [1.54, 1.807) is 6.20 Å². The third-order valence-electron chi connectivity index (χ3n) is 9.25. The molecular formula is C28H38N6O4S. The van der Waals surface area contributed by atoms with Crippen LogP contribution >= 0.6 is 11.8 Å². The Morgan fingerprint density at radius 1 is 1.23 bits per heavy atom. The molecule has 1 spiro atoms. The highest BCUT2D eigenvalue weighted by atomic mass is 32.2. The molecule has 3 saturated heterocycles. The number of piperidine rings is 1. The summed E-state index contributed by atoms with van der Waals surface area (Å²) in [5.74, 6) is 3.19. The number of ether oxygens (including phenoxy) is 3. The van der Waals surface area contributed by atoms with Crippen LogP contribution in [-0.4, -0.2) is 83.8 Å². The Morgan fingerprint density at radius 2 is 2.08 bits per heavy atom. The van der Waals surface area contributed by atoms with E-state index in [1.165, 1.54) is 24.6 Å². The van der Waals surface area contributed by atoms with Gasteiger partial charge in [-0.05, 0) is 51.0 Å². The van der Waals surface area contributed by atoms with Crippen molar-refractivity contribution in [2.24, 2.45) is 17.1 Å². The van der Waals surface area contributed by atoms with E-state index in [0.717, 1.165) is 85.3 Å². The molecule has 4 atom stereocenters. The Balaban J connectivity index is 1.05. The number of fused-ring (bicyclic) bond motifs is 3. The normalized spacial score (nSPS) is 29.4. The van der Waals surface area contributed by atoms with Crippen LogP contribution in [0.1, 0.15) is 44.7 Å². The van der Waals surface area contributed by atoms with Crippen molar-refractivity contribution in [2.75, 3.05) is 49.3 Å². The number of nitrogens with two attached hydrogens (primary N) is 1. The fraction of sp³-hybridized carbons (Fsp3) is 0.679. The van der Waals surface area contributed by atoms with E-state index in [0.29, 0.717) is 18.3 Å². The number of hydrogen-bond donors (Lipinski definition) is 2. The largest absolute Gasteiger partial charge is 0.486 e. The minimum absolute atomic E-state index is 0.0384. The highest BCUT2D eigenvalue weighted by Crippen LogP contribution is 2.45. The average Bonchev–Trinajstić information content (AvgIpc) is 3.64. The summed E-state index contributed by atoms with van der Waals surface area (Å²) in [6, 6.07) is 2.33. The maximum Gasteiger partial charge on any atom is 0.175 e. The van der Waals surface area contributed by atoms with Crippen molar-refractivity contribution >= 4 is 23.4 Å². The van der Waals surface area contributed by atoms with E-state index < -0.39 is 0 Å². The molecule has 2 unspecified atom stereocenters. The number of hydrogen-bond acceptors (Lipinski definition) is 11. The molecule has 0 amide bonds. The summed E-state index contributed by atoms with van der Waals surface area (Å²) < 4.78 is 18.3. The van der Waals surface area contributed by atoms with Crippen LogP contribution in [0.25, 0.3) is 0 Å². The molecule has 4 aliphatic heterocycles. The summed E-state index contributed by atoms with van der Waals surface area (Å²) in [5.41, 5.74) is 7.12. The lowest BCUT2D eigenvalue weighted by molar-refractivity contribution is 0.0575. The van der Waals surface area contributed by atoms with Crippen molar-refractivity contribution in [3.8, 4) is 5.75 Å². The van der Waals surface area contributed by atoms with E-state index in [1.807, 2.05) is 12.3 Å². The lowest BCUT2D eigenvalue weighted by atomic mass is 9.73. The maximum atomic E-state index is 10.2. The van der Waals surface area contributed by atoms with Crippen LogP contribution in [0.4, 0.5) is 11.6 Å². The molecule has 6 heterocycles. The van der Waals surface area contributed by atoms with Gasteiger partial charge in [0.05, 0.1) is 42.6 Å². The Kier molecular flexibility index (Phi) is 6.83. The third-order valence-corrected chi connectivity index (χ3v) is 10.2. The van der Waals surface area contributed by atoms with Crippen molar-refractivity contribution in [1.29, 1.82) is 0 Å². The van der Waals surface area contributed by atoms with Crippen molar-refractivity contribution in [1.82, 2.24) is 15.0 Å². The van der Waals surface area contributed by atoms with Crippen LogP contribution in [0.15, 0.2) is 28.4 Å². The molecule has 5 aliphatic rings. The minimum Gasteiger partial charge on any atom is -0.486 e. The van der Waals surface area contributed by atoms with Gasteiger partial charge in [-0.15, -0.1) is 0 Å². The first kappa shape index (κ1) is 25.8. The summed E-state index contributed by atoms with van der Waals surface area (Å²) >= 11 is 1.50. The summed E-state index contributed by atoms with van der Waals surface area (Å²) in [7, 11) is 0. The zero-order valence-electron chi connectivity index (χ0n) is 22.5. The van der Waals surface area contributed by atoms with E-state index in [9.17, 15) is 5.11 Å². The maximum absolute atomic E-state index is 10.2. The first-order chi connectivity index (χ1) is 19.0. The standard InChI is InChI=1S/C28H38N6O4S/c1-17-25(29)28(16-38-17)5-8-33(9-6-28)26-21(13-35)32-23(11-31-26)39-22-4-7-30-27-24(22)37-15-19-10-20(12-34(19)27)36-14-18-2-3-18/h4,7,11,17-20,25,35H,2-3,5-6,8-10,12-16,29H2,1H3/t17?,19-,20?,25+/m0/s1. The second-order valence-corrected chi connectivity index (χ2v) is 12.9. The van der Waals surface area contributed by atoms with Crippen LogP contribution in [0.2, 0.25) is 0 Å². The minimum atomic E-state index is -0.166. The van der Waals surface area contributed by atoms with Gasteiger partial charge in [-0.25, -0.2) is 15.0 Å². The van der Waals surface area contributed by atoms with E-state index >= 15 is 0 Å². The first-order valence-electron chi connectivity index (χ1n) is 14.3. The number of rotatable bonds is 7. The van der Waals surface area contributed by atoms with E-state index in [-0.39, 0.29) is 30.3 Å². The van der Waals surface area contributed by atoms with Gasteiger partial charge in [0.15, 0.2) is 17.4 Å². The van der Waals surface area contributed by atoms with Crippen LogP contribution in [0.3, 0.4) is 0 Å². The van der Waals surface area contributed by atoms with Gasteiger partial charge >= 0.3 is 0 Å². The molecule has 1 saturated carbocycles. The topological polar surface area (TPSA) is 119 Å². The van der Waals surface area contributed by atoms with Crippen LogP contribution < -0.4 is 20.3 Å². The van der Waals surface area contributed by atoms with Gasteiger partial charge in [-0.3, -0.25) is 0 Å². The van der Waals surface area contributed by atoms with Gasteiger partial charge in [-0.1, -0.05) is 11.8 Å². The highest BCUT2D eigenvalue weighted by molar-refractivity contribution is 7.99. The molecule has 2 aromatic heterocycles. The summed E-state index contributed by atoms with van der Waals surface area (Å²) in [4.78, 5) is 19.8. The van der Waals surface area contributed by atoms with Crippen molar-refractivity contribution < 1.29 is 19.3 Å². The van der Waals surface area contributed by atoms with E-state index in [2.05, 4.69) is 21.7 Å². The molecule has 4 fully saturated rings. The molecule has 10 nitrogen and oxygen atoms in total. The zero-order valence-corrected chi connectivity index (χ0v) is 23.3. The number of aliphatic hydroxyl groups excluding tert-OH is 1. The van der Waals surface area contributed by atoms with Gasteiger partial charge in [0.1, 0.15) is 17.3 Å².